The van der Waals surface area contributed by atoms with Gasteiger partial charge in [-0.1, -0.05) is 23.7 Å². The molecule has 0 spiro atoms. The van der Waals surface area contributed by atoms with E-state index in [-0.39, 0.29) is 0 Å². The van der Waals surface area contributed by atoms with Crippen molar-refractivity contribution in [3.63, 3.8) is 0 Å². The molecule has 5 aromatic rings. The molecule has 132 valence electrons. The SMILES string of the molecule is Clc1ccc(-c2cc3ncnc(Sc4nnc(-c5ccco5)o4)c3s2)cc1. The third-order valence-corrected chi connectivity index (χ3v) is 6.13. The van der Waals surface area contributed by atoms with Crippen molar-refractivity contribution >= 4 is 44.9 Å². The van der Waals surface area contributed by atoms with Gasteiger partial charge in [-0.2, -0.15) is 0 Å². The zero-order chi connectivity index (χ0) is 18.2. The van der Waals surface area contributed by atoms with Crippen LogP contribution in [0.1, 0.15) is 0 Å². The minimum Gasteiger partial charge on any atom is -0.459 e. The lowest BCUT2D eigenvalue weighted by atomic mass is 10.2. The van der Waals surface area contributed by atoms with Gasteiger partial charge in [-0.3, -0.25) is 0 Å². The van der Waals surface area contributed by atoms with Crippen molar-refractivity contribution in [3.05, 3.63) is 60.1 Å². The molecule has 0 aliphatic rings. The first kappa shape index (κ1) is 16.5. The smallest absolute Gasteiger partial charge is 0.284 e. The first-order valence-electron chi connectivity index (χ1n) is 7.82. The first-order valence-corrected chi connectivity index (χ1v) is 9.83. The van der Waals surface area contributed by atoms with Gasteiger partial charge in [0.1, 0.15) is 11.4 Å². The number of rotatable bonds is 4. The average Bonchev–Trinajstić information content (AvgIpc) is 3.43. The molecule has 0 N–H and O–H groups in total. The number of fused-ring (bicyclic) bond motifs is 1. The topological polar surface area (TPSA) is 77.8 Å². The van der Waals surface area contributed by atoms with Gasteiger partial charge in [-0.25, -0.2) is 9.97 Å². The van der Waals surface area contributed by atoms with E-state index in [1.54, 1.807) is 29.7 Å². The van der Waals surface area contributed by atoms with Crippen LogP contribution in [0.4, 0.5) is 0 Å². The summed E-state index contributed by atoms with van der Waals surface area (Å²) < 4.78 is 11.9. The van der Waals surface area contributed by atoms with Gasteiger partial charge in [0.2, 0.25) is 0 Å². The maximum Gasteiger partial charge on any atom is 0.284 e. The molecule has 0 aliphatic carbocycles. The van der Waals surface area contributed by atoms with Crippen LogP contribution in [0.15, 0.2) is 74.1 Å². The summed E-state index contributed by atoms with van der Waals surface area (Å²) in [5.41, 5.74) is 1.95. The van der Waals surface area contributed by atoms with Crippen molar-refractivity contribution in [2.24, 2.45) is 0 Å². The van der Waals surface area contributed by atoms with E-state index in [0.717, 1.165) is 25.7 Å². The Hall–Kier alpha value is -2.68. The van der Waals surface area contributed by atoms with Crippen molar-refractivity contribution in [1.29, 1.82) is 0 Å². The fraction of sp³-hybridized carbons (Fsp3) is 0. The van der Waals surface area contributed by atoms with Gasteiger partial charge < -0.3 is 8.83 Å². The number of benzene rings is 1. The molecule has 0 radical (unpaired) electrons. The van der Waals surface area contributed by atoms with Crippen LogP contribution in [0.5, 0.6) is 0 Å². The highest BCUT2D eigenvalue weighted by molar-refractivity contribution is 7.99. The van der Waals surface area contributed by atoms with Gasteiger partial charge >= 0.3 is 0 Å². The number of furan rings is 1. The Kier molecular flexibility index (Phi) is 4.16. The summed E-state index contributed by atoms with van der Waals surface area (Å²) in [4.78, 5) is 9.85. The second kappa shape index (κ2) is 6.80. The standard InChI is InChI=1S/C18H9ClN4O2S2/c19-11-5-3-10(4-6-11)14-8-12-15(26-14)17(21-9-20-12)27-18-23-22-16(25-18)13-2-1-7-24-13/h1-9H. The van der Waals surface area contributed by atoms with E-state index in [0.29, 0.717) is 21.9 Å². The molecule has 27 heavy (non-hydrogen) atoms. The van der Waals surface area contributed by atoms with E-state index in [4.69, 9.17) is 20.4 Å². The average molecular weight is 413 g/mol. The molecule has 0 aliphatic heterocycles. The number of thiophene rings is 1. The number of aromatic nitrogens is 4. The van der Waals surface area contributed by atoms with Crippen LogP contribution < -0.4 is 0 Å². The number of halogens is 1. The largest absolute Gasteiger partial charge is 0.459 e. The Bertz CT molecular complexity index is 1220. The zero-order valence-corrected chi connectivity index (χ0v) is 15.9. The summed E-state index contributed by atoms with van der Waals surface area (Å²) in [5, 5.41) is 9.94. The van der Waals surface area contributed by atoms with Crippen LogP contribution in [0.3, 0.4) is 0 Å². The van der Waals surface area contributed by atoms with Crippen LogP contribution in [0.25, 0.3) is 32.3 Å². The fourth-order valence-corrected chi connectivity index (χ4v) is 4.54. The van der Waals surface area contributed by atoms with E-state index in [9.17, 15) is 0 Å². The van der Waals surface area contributed by atoms with Gasteiger partial charge in [0.15, 0.2) is 5.76 Å². The summed E-state index contributed by atoms with van der Waals surface area (Å²) in [6.07, 6.45) is 3.09. The second-order valence-corrected chi connectivity index (χ2v) is 7.89. The van der Waals surface area contributed by atoms with Crippen molar-refractivity contribution in [2.45, 2.75) is 10.2 Å². The molecule has 0 unspecified atom stereocenters. The zero-order valence-electron chi connectivity index (χ0n) is 13.5. The predicted octanol–water partition coefficient (Wildman–Crippen LogP) is 5.81. The molecule has 0 amide bonds. The summed E-state index contributed by atoms with van der Waals surface area (Å²) in [6.45, 7) is 0. The van der Waals surface area contributed by atoms with Gasteiger partial charge in [0.25, 0.3) is 11.1 Å². The summed E-state index contributed by atoms with van der Waals surface area (Å²) in [6, 6.07) is 13.3. The minimum atomic E-state index is 0.334. The third-order valence-electron chi connectivity index (χ3n) is 3.73. The monoisotopic (exact) mass is 412 g/mol. The van der Waals surface area contributed by atoms with E-state index < -0.39 is 0 Å². The quantitative estimate of drug-likeness (QED) is 0.345. The van der Waals surface area contributed by atoms with Crippen LogP contribution >= 0.6 is 34.7 Å². The van der Waals surface area contributed by atoms with E-state index in [1.165, 1.54) is 18.1 Å². The lowest BCUT2D eigenvalue weighted by Gasteiger charge is -1.97. The predicted molar refractivity (Wildman–Crippen MR) is 104 cm³/mol. The van der Waals surface area contributed by atoms with E-state index in [2.05, 4.69) is 20.2 Å². The first-order chi connectivity index (χ1) is 13.3. The molecular weight excluding hydrogens is 404 g/mol. The Labute approximate surface area is 166 Å². The number of hydrogen-bond acceptors (Lipinski definition) is 8. The molecule has 1 aromatic carbocycles. The fourth-order valence-electron chi connectivity index (χ4n) is 2.50. The Balaban J connectivity index is 1.49. The van der Waals surface area contributed by atoms with Crippen molar-refractivity contribution in [2.75, 3.05) is 0 Å². The second-order valence-electron chi connectivity index (χ2n) is 5.46. The molecule has 0 atom stereocenters. The summed E-state index contributed by atoms with van der Waals surface area (Å²) in [7, 11) is 0. The van der Waals surface area contributed by atoms with Gasteiger partial charge in [-0.05, 0) is 47.7 Å². The highest BCUT2D eigenvalue weighted by Crippen LogP contribution is 2.39. The molecule has 0 bridgehead atoms. The van der Waals surface area contributed by atoms with Crippen LogP contribution in [-0.4, -0.2) is 20.2 Å². The van der Waals surface area contributed by atoms with Crippen LogP contribution in [-0.2, 0) is 0 Å². The molecular formula is C18H9ClN4O2S2. The molecule has 4 aromatic heterocycles. The van der Waals surface area contributed by atoms with Crippen molar-refractivity contribution in [3.8, 4) is 22.1 Å². The van der Waals surface area contributed by atoms with Crippen LogP contribution in [0, 0.1) is 0 Å². The van der Waals surface area contributed by atoms with Gasteiger partial charge in [0.05, 0.1) is 16.5 Å². The lowest BCUT2D eigenvalue weighted by molar-refractivity contribution is 0.447. The normalized spacial score (nSPS) is 11.3. The molecule has 0 saturated heterocycles. The van der Waals surface area contributed by atoms with Crippen molar-refractivity contribution < 1.29 is 8.83 Å². The Morgan fingerprint density at radius 3 is 2.74 bits per heavy atom. The van der Waals surface area contributed by atoms with E-state index in [1.807, 2.05) is 30.3 Å². The number of nitrogens with zero attached hydrogens (tertiary/aromatic N) is 4. The Morgan fingerprint density at radius 1 is 1.04 bits per heavy atom. The molecule has 0 fully saturated rings. The molecule has 9 heteroatoms. The maximum absolute atomic E-state index is 5.98. The molecule has 5 rings (SSSR count). The highest BCUT2D eigenvalue weighted by atomic mass is 35.5. The highest BCUT2D eigenvalue weighted by Gasteiger charge is 2.16. The third kappa shape index (κ3) is 3.23. The summed E-state index contributed by atoms with van der Waals surface area (Å²) >= 11 is 8.89. The molecule has 6 nitrogen and oxygen atoms in total. The van der Waals surface area contributed by atoms with E-state index >= 15 is 0 Å². The minimum absolute atomic E-state index is 0.334. The summed E-state index contributed by atoms with van der Waals surface area (Å²) in [5.74, 6) is 0.865. The van der Waals surface area contributed by atoms with Crippen molar-refractivity contribution in [1.82, 2.24) is 20.2 Å². The van der Waals surface area contributed by atoms with Crippen LogP contribution in [0.2, 0.25) is 5.02 Å². The molecule has 0 saturated carbocycles. The maximum atomic E-state index is 5.98. The number of hydrogen-bond donors (Lipinski definition) is 0. The lowest BCUT2D eigenvalue weighted by Crippen LogP contribution is -1.82. The Morgan fingerprint density at radius 2 is 1.93 bits per heavy atom. The van der Waals surface area contributed by atoms with Gasteiger partial charge in [0, 0.05) is 9.90 Å². The van der Waals surface area contributed by atoms with Gasteiger partial charge in [-0.15, -0.1) is 21.5 Å². The molecule has 4 heterocycles.